The van der Waals surface area contributed by atoms with E-state index in [1.807, 2.05) is 23.5 Å². The van der Waals surface area contributed by atoms with Crippen LogP contribution in [0.4, 0.5) is 5.69 Å². The molecule has 0 aliphatic heterocycles. The summed E-state index contributed by atoms with van der Waals surface area (Å²) in [7, 11) is 0. The fourth-order valence-electron chi connectivity index (χ4n) is 1.96. The predicted molar refractivity (Wildman–Crippen MR) is 82.2 cm³/mol. The standard InChI is InChI=1S/C15H21N3S/c1-12(2)18(11-15-4-3-9-19-15)8-7-14-6-5-13(16)10-17-14/h3-6,9-10,12H,7-8,11,16H2,1-2H3. The molecule has 3 nitrogen and oxygen atoms in total. The summed E-state index contributed by atoms with van der Waals surface area (Å²) in [5.41, 5.74) is 7.48. The van der Waals surface area contributed by atoms with Crippen LogP contribution in [-0.2, 0) is 13.0 Å². The van der Waals surface area contributed by atoms with Crippen molar-refractivity contribution in [1.82, 2.24) is 9.88 Å². The lowest BCUT2D eigenvalue weighted by molar-refractivity contribution is 0.217. The zero-order valence-electron chi connectivity index (χ0n) is 11.5. The normalized spacial score (nSPS) is 11.4. The summed E-state index contributed by atoms with van der Waals surface area (Å²) in [6.45, 7) is 6.52. The smallest absolute Gasteiger partial charge is 0.0501 e. The van der Waals surface area contributed by atoms with Crippen molar-refractivity contribution in [2.45, 2.75) is 32.9 Å². The van der Waals surface area contributed by atoms with Gasteiger partial charge in [-0.3, -0.25) is 9.88 Å². The van der Waals surface area contributed by atoms with Crippen molar-refractivity contribution in [3.8, 4) is 0 Å². The predicted octanol–water partition coefficient (Wildman–Crippen LogP) is 3.18. The summed E-state index contributed by atoms with van der Waals surface area (Å²) >= 11 is 1.82. The van der Waals surface area contributed by atoms with Crippen molar-refractivity contribution in [2.75, 3.05) is 12.3 Å². The Morgan fingerprint density at radius 2 is 2.16 bits per heavy atom. The van der Waals surface area contributed by atoms with Crippen LogP contribution < -0.4 is 5.73 Å². The van der Waals surface area contributed by atoms with Crippen molar-refractivity contribution in [2.24, 2.45) is 0 Å². The third kappa shape index (κ3) is 4.33. The molecule has 102 valence electrons. The van der Waals surface area contributed by atoms with E-state index in [1.54, 1.807) is 6.20 Å². The summed E-state index contributed by atoms with van der Waals surface area (Å²) in [6.07, 6.45) is 2.69. The first-order chi connectivity index (χ1) is 9.15. The molecule has 2 aromatic heterocycles. The maximum absolute atomic E-state index is 5.65. The number of hydrogen-bond acceptors (Lipinski definition) is 4. The SMILES string of the molecule is CC(C)N(CCc1ccc(N)cn1)Cc1cccs1. The molecule has 0 aliphatic carbocycles. The minimum atomic E-state index is 0.538. The van der Waals surface area contributed by atoms with Gasteiger partial charge in [0.05, 0.1) is 11.9 Å². The summed E-state index contributed by atoms with van der Waals surface area (Å²) < 4.78 is 0. The lowest BCUT2D eigenvalue weighted by Gasteiger charge is -2.25. The lowest BCUT2D eigenvalue weighted by Crippen LogP contribution is -2.32. The van der Waals surface area contributed by atoms with Crippen LogP contribution in [0.1, 0.15) is 24.4 Å². The van der Waals surface area contributed by atoms with Crippen molar-refractivity contribution >= 4 is 17.0 Å². The fraction of sp³-hybridized carbons (Fsp3) is 0.400. The number of nitrogens with two attached hydrogens (primary N) is 1. The molecule has 2 N–H and O–H groups in total. The van der Waals surface area contributed by atoms with Crippen LogP contribution in [0, 0.1) is 0 Å². The number of anilines is 1. The van der Waals surface area contributed by atoms with Gasteiger partial charge in [0.25, 0.3) is 0 Å². The van der Waals surface area contributed by atoms with Crippen LogP contribution in [0.2, 0.25) is 0 Å². The summed E-state index contributed by atoms with van der Waals surface area (Å²) in [6, 6.07) is 8.78. The minimum Gasteiger partial charge on any atom is -0.397 e. The number of hydrogen-bond donors (Lipinski definition) is 1. The molecular formula is C15H21N3S. The van der Waals surface area contributed by atoms with E-state index in [0.717, 1.165) is 30.9 Å². The maximum Gasteiger partial charge on any atom is 0.0501 e. The van der Waals surface area contributed by atoms with Gasteiger partial charge in [-0.25, -0.2) is 0 Å². The average molecular weight is 275 g/mol. The molecule has 0 aliphatic rings. The summed E-state index contributed by atoms with van der Waals surface area (Å²) in [5.74, 6) is 0. The van der Waals surface area contributed by atoms with Crippen LogP contribution >= 0.6 is 11.3 Å². The van der Waals surface area contributed by atoms with E-state index in [-0.39, 0.29) is 0 Å². The summed E-state index contributed by atoms with van der Waals surface area (Å²) in [5, 5.41) is 2.13. The number of pyridine rings is 1. The maximum atomic E-state index is 5.65. The highest BCUT2D eigenvalue weighted by atomic mass is 32.1. The Balaban J connectivity index is 1.91. The highest BCUT2D eigenvalue weighted by Crippen LogP contribution is 2.14. The Hall–Kier alpha value is -1.39. The van der Waals surface area contributed by atoms with Gasteiger partial charge >= 0.3 is 0 Å². The van der Waals surface area contributed by atoms with E-state index < -0.39 is 0 Å². The second-order valence-corrected chi connectivity index (χ2v) is 6.01. The second kappa shape index (κ2) is 6.68. The number of aromatic nitrogens is 1. The van der Waals surface area contributed by atoms with E-state index in [9.17, 15) is 0 Å². The van der Waals surface area contributed by atoms with Crippen molar-refractivity contribution in [1.29, 1.82) is 0 Å². The molecular weight excluding hydrogens is 254 g/mol. The first-order valence-corrected chi connectivity index (χ1v) is 7.50. The Morgan fingerprint density at radius 3 is 2.74 bits per heavy atom. The van der Waals surface area contributed by atoms with Gasteiger partial charge < -0.3 is 5.73 Å². The third-order valence-electron chi connectivity index (χ3n) is 3.17. The lowest BCUT2D eigenvalue weighted by atomic mass is 10.2. The van der Waals surface area contributed by atoms with Gasteiger partial charge in [-0.2, -0.15) is 0 Å². The van der Waals surface area contributed by atoms with E-state index in [4.69, 9.17) is 5.73 Å². The molecule has 0 saturated heterocycles. The average Bonchev–Trinajstić information content (AvgIpc) is 2.89. The van der Waals surface area contributed by atoms with Gasteiger partial charge in [-0.1, -0.05) is 6.07 Å². The van der Waals surface area contributed by atoms with Crippen LogP contribution in [-0.4, -0.2) is 22.5 Å². The second-order valence-electron chi connectivity index (χ2n) is 4.98. The molecule has 0 spiro atoms. The molecule has 2 aromatic rings. The van der Waals surface area contributed by atoms with Crippen molar-refractivity contribution < 1.29 is 0 Å². The number of nitrogen functional groups attached to an aromatic ring is 1. The topological polar surface area (TPSA) is 42.1 Å². The molecule has 0 bridgehead atoms. The Labute approximate surface area is 119 Å². The van der Waals surface area contributed by atoms with Crippen molar-refractivity contribution in [3.05, 3.63) is 46.4 Å². The molecule has 0 radical (unpaired) electrons. The fourth-order valence-corrected chi connectivity index (χ4v) is 2.69. The molecule has 2 rings (SSSR count). The number of thiophene rings is 1. The molecule has 0 unspecified atom stereocenters. The quantitative estimate of drug-likeness (QED) is 0.880. The molecule has 0 saturated carbocycles. The molecule has 0 atom stereocenters. The van der Waals surface area contributed by atoms with E-state index in [1.165, 1.54) is 4.88 Å². The van der Waals surface area contributed by atoms with Gasteiger partial charge in [-0.15, -0.1) is 11.3 Å². The monoisotopic (exact) mass is 275 g/mol. The van der Waals surface area contributed by atoms with Gasteiger partial charge in [-0.05, 0) is 37.4 Å². The Kier molecular flexibility index (Phi) is 4.93. The summed E-state index contributed by atoms with van der Waals surface area (Å²) in [4.78, 5) is 8.25. The zero-order chi connectivity index (χ0) is 13.7. The van der Waals surface area contributed by atoms with Gasteiger partial charge in [0.15, 0.2) is 0 Å². The number of rotatable bonds is 6. The first-order valence-electron chi connectivity index (χ1n) is 6.62. The largest absolute Gasteiger partial charge is 0.397 e. The van der Waals surface area contributed by atoms with Crippen LogP contribution in [0.15, 0.2) is 35.8 Å². The van der Waals surface area contributed by atoms with Crippen LogP contribution in [0.25, 0.3) is 0 Å². The first kappa shape index (κ1) is 14.0. The van der Waals surface area contributed by atoms with Gasteiger partial charge in [0.2, 0.25) is 0 Å². The third-order valence-corrected chi connectivity index (χ3v) is 4.03. The van der Waals surface area contributed by atoms with Gasteiger partial charge in [0, 0.05) is 36.1 Å². The Morgan fingerprint density at radius 1 is 1.32 bits per heavy atom. The highest BCUT2D eigenvalue weighted by Gasteiger charge is 2.11. The van der Waals surface area contributed by atoms with Gasteiger partial charge in [0.1, 0.15) is 0 Å². The van der Waals surface area contributed by atoms with E-state index in [0.29, 0.717) is 6.04 Å². The highest BCUT2D eigenvalue weighted by molar-refractivity contribution is 7.09. The van der Waals surface area contributed by atoms with Crippen molar-refractivity contribution in [3.63, 3.8) is 0 Å². The molecule has 0 amide bonds. The Bertz CT molecular complexity index is 477. The number of nitrogens with zero attached hydrogens (tertiary/aromatic N) is 2. The van der Waals surface area contributed by atoms with Crippen LogP contribution in [0.5, 0.6) is 0 Å². The molecule has 19 heavy (non-hydrogen) atoms. The zero-order valence-corrected chi connectivity index (χ0v) is 12.4. The molecule has 2 heterocycles. The molecule has 0 aromatic carbocycles. The molecule has 0 fully saturated rings. The minimum absolute atomic E-state index is 0.538. The molecule has 4 heteroatoms. The van der Waals surface area contributed by atoms with E-state index in [2.05, 4.69) is 41.2 Å². The van der Waals surface area contributed by atoms with E-state index >= 15 is 0 Å². The van der Waals surface area contributed by atoms with Crippen LogP contribution in [0.3, 0.4) is 0 Å².